The highest BCUT2D eigenvalue weighted by atomic mass is 16.5. The standard InChI is InChI=1S/C19H23N2O3/c1-13(22)21-16-8-6-5-7-14(16)11-17(20-2)15-9-10-18(23-3)19(12-15)24-4/h5-10,12,17H,11H2,1-4H3,(H,21,22). The zero-order chi connectivity index (χ0) is 17.5. The van der Waals surface area contributed by atoms with Crippen molar-refractivity contribution >= 4 is 11.6 Å². The number of carbonyl (C=O) groups is 1. The van der Waals surface area contributed by atoms with Gasteiger partial charge in [-0.05, 0) is 35.7 Å². The van der Waals surface area contributed by atoms with Crippen molar-refractivity contribution in [3.05, 3.63) is 53.6 Å². The number of nitrogens with one attached hydrogen (secondary N) is 1. The van der Waals surface area contributed by atoms with E-state index in [1.54, 1.807) is 21.3 Å². The van der Waals surface area contributed by atoms with Gasteiger partial charge in [0.1, 0.15) is 0 Å². The molecule has 1 atom stereocenters. The smallest absolute Gasteiger partial charge is 0.221 e. The lowest BCUT2D eigenvalue weighted by atomic mass is 9.97. The minimum Gasteiger partial charge on any atom is -0.493 e. The SMILES string of the molecule is C[N]C(Cc1ccccc1NC(C)=O)c1ccc(OC)c(OC)c1. The molecule has 2 aromatic rings. The maximum atomic E-state index is 11.4. The predicted octanol–water partition coefficient (Wildman–Crippen LogP) is 3.18. The van der Waals surface area contributed by atoms with Crippen LogP contribution in [0.15, 0.2) is 42.5 Å². The molecule has 0 bridgehead atoms. The normalized spacial score (nSPS) is 11.7. The highest BCUT2D eigenvalue weighted by Crippen LogP contribution is 2.32. The molecule has 1 amide bonds. The van der Waals surface area contributed by atoms with Gasteiger partial charge in [-0.25, -0.2) is 5.32 Å². The van der Waals surface area contributed by atoms with E-state index in [2.05, 4.69) is 10.6 Å². The van der Waals surface area contributed by atoms with Gasteiger partial charge in [-0.3, -0.25) is 4.79 Å². The maximum absolute atomic E-state index is 11.4. The molecule has 5 heteroatoms. The fraction of sp³-hybridized carbons (Fsp3) is 0.316. The molecule has 0 spiro atoms. The summed E-state index contributed by atoms with van der Waals surface area (Å²) >= 11 is 0. The number of anilines is 1. The van der Waals surface area contributed by atoms with E-state index in [0.29, 0.717) is 17.9 Å². The summed E-state index contributed by atoms with van der Waals surface area (Å²) in [5.41, 5.74) is 2.89. The Labute approximate surface area is 143 Å². The van der Waals surface area contributed by atoms with Crippen LogP contribution in [0.3, 0.4) is 0 Å². The van der Waals surface area contributed by atoms with Crippen LogP contribution in [0, 0.1) is 0 Å². The van der Waals surface area contributed by atoms with Gasteiger partial charge in [-0.1, -0.05) is 24.3 Å². The zero-order valence-corrected chi connectivity index (χ0v) is 14.5. The molecule has 2 aromatic carbocycles. The number of hydrogen-bond acceptors (Lipinski definition) is 3. The van der Waals surface area contributed by atoms with Crippen LogP contribution >= 0.6 is 0 Å². The first-order valence-electron chi connectivity index (χ1n) is 7.75. The molecule has 0 aliphatic heterocycles. The number of carbonyl (C=O) groups excluding carboxylic acids is 1. The highest BCUT2D eigenvalue weighted by molar-refractivity contribution is 5.89. The van der Waals surface area contributed by atoms with E-state index in [4.69, 9.17) is 9.47 Å². The number of rotatable bonds is 7. The second-order valence-corrected chi connectivity index (χ2v) is 5.43. The maximum Gasteiger partial charge on any atom is 0.221 e. The van der Waals surface area contributed by atoms with Crippen LogP contribution in [0.25, 0.3) is 0 Å². The number of likely N-dealkylation sites (N-methyl/N-ethyl adjacent to an activating group) is 1. The van der Waals surface area contributed by atoms with Gasteiger partial charge in [0.25, 0.3) is 0 Å². The largest absolute Gasteiger partial charge is 0.493 e. The molecule has 2 rings (SSSR count). The topological polar surface area (TPSA) is 61.7 Å². The Morgan fingerprint density at radius 1 is 1.12 bits per heavy atom. The van der Waals surface area contributed by atoms with Crippen LogP contribution in [0.2, 0.25) is 0 Å². The van der Waals surface area contributed by atoms with Crippen molar-refractivity contribution in [1.82, 2.24) is 5.32 Å². The molecular formula is C19H23N2O3. The lowest BCUT2D eigenvalue weighted by Crippen LogP contribution is -2.15. The van der Waals surface area contributed by atoms with Crippen LogP contribution in [0.4, 0.5) is 5.69 Å². The molecule has 0 saturated heterocycles. The van der Waals surface area contributed by atoms with E-state index < -0.39 is 0 Å². The predicted molar refractivity (Wildman–Crippen MR) is 94.8 cm³/mol. The van der Waals surface area contributed by atoms with Crippen LogP contribution < -0.4 is 20.1 Å². The van der Waals surface area contributed by atoms with Crippen molar-refractivity contribution in [2.24, 2.45) is 0 Å². The Balaban J connectivity index is 2.29. The molecular weight excluding hydrogens is 304 g/mol. The first-order chi connectivity index (χ1) is 11.6. The summed E-state index contributed by atoms with van der Waals surface area (Å²) in [6.45, 7) is 1.51. The number of ether oxygens (including phenoxy) is 2. The average molecular weight is 327 g/mol. The third-order valence-electron chi connectivity index (χ3n) is 3.85. The van der Waals surface area contributed by atoms with Crippen LogP contribution in [0.5, 0.6) is 11.5 Å². The summed E-state index contributed by atoms with van der Waals surface area (Å²) in [5.74, 6) is 1.28. The third kappa shape index (κ3) is 4.26. The summed E-state index contributed by atoms with van der Waals surface area (Å²) in [6.07, 6.45) is 0.683. The molecule has 0 aliphatic rings. The Morgan fingerprint density at radius 3 is 2.46 bits per heavy atom. The van der Waals surface area contributed by atoms with Crippen LogP contribution in [-0.2, 0) is 11.2 Å². The number of para-hydroxylation sites is 1. The Morgan fingerprint density at radius 2 is 1.83 bits per heavy atom. The van der Waals surface area contributed by atoms with Crippen molar-refractivity contribution in [2.45, 2.75) is 19.4 Å². The van der Waals surface area contributed by atoms with Gasteiger partial charge in [0.15, 0.2) is 11.5 Å². The minimum absolute atomic E-state index is 0.0419. The van der Waals surface area contributed by atoms with E-state index in [9.17, 15) is 4.79 Å². The number of hydrogen-bond donors (Lipinski definition) is 1. The van der Waals surface area contributed by atoms with Crippen LogP contribution in [-0.4, -0.2) is 27.2 Å². The number of methoxy groups -OCH3 is 2. The van der Waals surface area contributed by atoms with E-state index >= 15 is 0 Å². The van der Waals surface area contributed by atoms with Crippen molar-refractivity contribution in [3.63, 3.8) is 0 Å². The van der Waals surface area contributed by atoms with Gasteiger partial charge < -0.3 is 14.8 Å². The lowest BCUT2D eigenvalue weighted by molar-refractivity contribution is -0.114. The molecule has 1 N–H and O–H groups in total. The fourth-order valence-electron chi connectivity index (χ4n) is 2.64. The molecule has 5 nitrogen and oxygen atoms in total. The van der Waals surface area contributed by atoms with Crippen molar-refractivity contribution in [3.8, 4) is 11.5 Å². The zero-order valence-electron chi connectivity index (χ0n) is 14.5. The first-order valence-corrected chi connectivity index (χ1v) is 7.75. The fourth-order valence-corrected chi connectivity index (χ4v) is 2.64. The summed E-state index contributed by atoms with van der Waals surface area (Å²) in [6, 6.07) is 13.5. The molecule has 0 aromatic heterocycles. The van der Waals surface area contributed by atoms with E-state index in [-0.39, 0.29) is 11.9 Å². The third-order valence-corrected chi connectivity index (χ3v) is 3.85. The molecule has 24 heavy (non-hydrogen) atoms. The van der Waals surface area contributed by atoms with E-state index in [1.165, 1.54) is 6.92 Å². The number of benzene rings is 2. The Bertz CT molecular complexity index is 701. The molecule has 0 saturated carbocycles. The van der Waals surface area contributed by atoms with Crippen molar-refractivity contribution in [2.75, 3.05) is 26.6 Å². The second-order valence-electron chi connectivity index (χ2n) is 5.43. The molecule has 127 valence electrons. The first kappa shape index (κ1) is 17.8. The van der Waals surface area contributed by atoms with Crippen molar-refractivity contribution < 1.29 is 14.3 Å². The molecule has 1 unspecified atom stereocenters. The lowest BCUT2D eigenvalue weighted by Gasteiger charge is -2.19. The number of amides is 1. The second kappa shape index (κ2) is 8.36. The summed E-state index contributed by atoms with van der Waals surface area (Å²) in [7, 11) is 5.02. The Hall–Kier alpha value is -2.53. The highest BCUT2D eigenvalue weighted by Gasteiger charge is 2.16. The minimum atomic E-state index is -0.0847. The van der Waals surface area contributed by atoms with E-state index in [0.717, 1.165) is 16.8 Å². The number of nitrogens with zero attached hydrogens (tertiary/aromatic N) is 1. The quantitative estimate of drug-likeness (QED) is 0.849. The van der Waals surface area contributed by atoms with Gasteiger partial charge >= 0.3 is 0 Å². The summed E-state index contributed by atoms with van der Waals surface area (Å²) < 4.78 is 10.7. The van der Waals surface area contributed by atoms with Crippen molar-refractivity contribution in [1.29, 1.82) is 0 Å². The molecule has 0 heterocycles. The molecule has 0 aliphatic carbocycles. The van der Waals surface area contributed by atoms with Gasteiger partial charge in [0, 0.05) is 19.7 Å². The van der Waals surface area contributed by atoms with Gasteiger partial charge in [0.05, 0.1) is 20.3 Å². The Kier molecular flexibility index (Phi) is 6.21. The van der Waals surface area contributed by atoms with E-state index in [1.807, 2.05) is 42.5 Å². The summed E-state index contributed by atoms with van der Waals surface area (Å²) in [5, 5.41) is 7.37. The van der Waals surface area contributed by atoms with Gasteiger partial charge in [-0.15, -0.1) is 0 Å². The molecule has 0 fully saturated rings. The van der Waals surface area contributed by atoms with Gasteiger partial charge in [-0.2, -0.15) is 0 Å². The molecule has 1 radical (unpaired) electrons. The van der Waals surface area contributed by atoms with Gasteiger partial charge in [0.2, 0.25) is 5.91 Å². The van der Waals surface area contributed by atoms with Crippen LogP contribution in [0.1, 0.15) is 24.1 Å². The summed E-state index contributed by atoms with van der Waals surface area (Å²) in [4.78, 5) is 11.4. The average Bonchev–Trinajstić information content (AvgIpc) is 2.59. The monoisotopic (exact) mass is 327 g/mol.